The van der Waals surface area contributed by atoms with E-state index in [4.69, 9.17) is 0 Å². The number of hydrogen-bond donors (Lipinski definition) is 1. The van der Waals surface area contributed by atoms with Crippen molar-refractivity contribution in [3.63, 3.8) is 0 Å². The first-order chi connectivity index (χ1) is 5.55. The molecule has 6 heteroatoms. The van der Waals surface area contributed by atoms with Crippen LogP contribution >= 0.6 is 12.4 Å². The fourth-order valence-corrected chi connectivity index (χ4v) is 1.27. The molecule has 0 saturated carbocycles. The Morgan fingerprint density at radius 3 is 2.69 bits per heavy atom. The van der Waals surface area contributed by atoms with E-state index < -0.39 is 24.2 Å². The largest absolute Gasteiger partial charge is 0.469 e. The number of carbonyl (C=O) groups excluding carboxylic acids is 1. The topological polar surface area (TPSA) is 38.3 Å². The molecule has 0 aromatic rings. The zero-order valence-electron chi connectivity index (χ0n) is 7.18. The highest BCUT2D eigenvalue weighted by Crippen LogP contribution is 2.26. The van der Waals surface area contributed by atoms with Gasteiger partial charge in [0.1, 0.15) is 0 Å². The number of hydrogen-bond acceptors (Lipinski definition) is 3. The quantitative estimate of drug-likeness (QED) is 0.659. The lowest BCUT2D eigenvalue weighted by Crippen LogP contribution is -2.46. The van der Waals surface area contributed by atoms with Gasteiger partial charge in [-0.15, -0.1) is 12.4 Å². The highest BCUT2D eigenvalue weighted by molar-refractivity contribution is 5.85. The molecule has 3 nitrogen and oxygen atoms in total. The van der Waals surface area contributed by atoms with Gasteiger partial charge in [-0.25, -0.2) is 8.78 Å². The van der Waals surface area contributed by atoms with Crippen molar-refractivity contribution >= 4 is 18.4 Å². The molecule has 0 aromatic carbocycles. The minimum atomic E-state index is -2.78. The van der Waals surface area contributed by atoms with Crippen LogP contribution in [0.25, 0.3) is 0 Å². The molecule has 0 amide bonds. The van der Waals surface area contributed by atoms with Gasteiger partial charge in [-0.3, -0.25) is 4.79 Å². The van der Waals surface area contributed by atoms with Crippen molar-refractivity contribution in [2.75, 3.05) is 20.2 Å². The Balaban J connectivity index is 0.00000144. The lowest BCUT2D eigenvalue weighted by molar-refractivity contribution is -0.151. The summed E-state index contributed by atoms with van der Waals surface area (Å²) >= 11 is 0. The number of carbonyl (C=O) groups is 1. The summed E-state index contributed by atoms with van der Waals surface area (Å²) in [6, 6.07) is 0. The maximum atomic E-state index is 12.7. The number of nitrogens with one attached hydrogen (secondary N) is 1. The van der Waals surface area contributed by atoms with Crippen LogP contribution < -0.4 is 5.32 Å². The molecular formula is C7H12ClF2NO2. The summed E-state index contributed by atoms with van der Waals surface area (Å²) in [5.74, 6) is -4.06. The van der Waals surface area contributed by atoms with Gasteiger partial charge < -0.3 is 10.1 Å². The number of ether oxygens (including phenoxy) is 1. The van der Waals surface area contributed by atoms with Gasteiger partial charge in [0.15, 0.2) is 0 Å². The van der Waals surface area contributed by atoms with Crippen LogP contribution in [0.3, 0.4) is 0 Å². The molecule has 1 rings (SSSR count). The fourth-order valence-electron chi connectivity index (χ4n) is 1.27. The molecule has 1 atom stereocenters. The van der Waals surface area contributed by atoms with Gasteiger partial charge >= 0.3 is 5.97 Å². The lowest BCUT2D eigenvalue weighted by Gasteiger charge is -2.27. The number of piperidine rings is 1. The Morgan fingerprint density at radius 2 is 2.23 bits per heavy atom. The molecule has 1 N–H and O–H groups in total. The maximum absolute atomic E-state index is 12.7. The Hall–Kier alpha value is -0.420. The van der Waals surface area contributed by atoms with Crippen LogP contribution in [0.5, 0.6) is 0 Å². The van der Waals surface area contributed by atoms with E-state index in [1.54, 1.807) is 0 Å². The molecule has 0 radical (unpaired) electrons. The third-order valence-corrected chi connectivity index (χ3v) is 1.85. The van der Waals surface area contributed by atoms with Crippen molar-refractivity contribution in [2.45, 2.75) is 12.3 Å². The van der Waals surface area contributed by atoms with E-state index in [0.29, 0.717) is 0 Å². The highest BCUT2D eigenvalue weighted by Gasteiger charge is 2.39. The molecule has 1 heterocycles. The predicted octanol–water partition coefficient (Wildman–Crippen LogP) is 0.826. The van der Waals surface area contributed by atoms with Gasteiger partial charge in [0, 0.05) is 13.0 Å². The fraction of sp³-hybridized carbons (Fsp3) is 0.857. The summed E-state index contributed by atoms with van der Waals surface area (Å²) in [4.78, 5) is 10.9. The summed E-state index contributed by atoms with van der Waals surface area (Å²) in [6.07, 6.45) is -0.410. The van der Waals surface area contributed by atoms with Crippen molar-refractivity contribution < 1.29 is 18.3 Å². The molecule has 1 saturated heterocycles. The molecule has 0 aliphatic carbocycles. The minimum absolute atomic E-state index is 0. The summed E-state index contributed by atoms with van der Waals surface area (Å²) in [7, 11) is 1.20. The first-order valence-electron chi connectivity index (χ1n) is 3.71. The third-order valence-electron chi connectivity index (χ3n) is 1.85. The van der Waals surface area contributed by atoms with E-state index in [-0.39, 0.29) is 25.5 Å². The average molecular weight is 216 g/mol. The number of alkyl halides is 2. The van der Waals surface area contributed by atoms with Crippen LogP contribution in [0.2, 0.25) is 0 Å². The minimum Gasteiger partial charge on any atom is -0.469 e. The molecule has 78 valence electrons. The van der Waals surface area contributed by atoms with E-state index in [1.165, 1.54) is 7.11 Å². The number of halogens is 3. The van der Waals surface area contributed by atoms with Gasteiger partial charge in [0.2, 0.25) is 0 Å². The van der Waals surface area contributed by atoms with Crippen molar-refractivity contribution in [1.29, 1.82) is 0 Å². The lowest BCUT2D eigenvalue weighted by atomic mass is 9.97. The van der Waals surface area contributed by atoms with E-state index in [9.17, 15) is 13.6 Å². The number of methoxy groups -OCH3 is 1. The molecule has 1 unspecified atom stereocenters. The highest BCUT2D eigenvalue weighted by atomic mass is 35.5. The van der Waals surface area contributed by atoms with Crippen LogP contribution in [0.4, 0.5) is 8.78 Å². The standard InChI is InChI=1S/C7H11F2NO2.ClH/c1-12-6(11)5-2-7(8,9)4-10-3-5;/h5,10H,2-4H2,1H3;1H. The maximum Gasteiger partial charge on any atom is 0.310 e. The summed E-state index contributed by atoms with van der Waals surface area (Å²) in [6.45, 7) is -0.0667. The normalized spacial score (nSPS) is 25.9. The van der Waals surface area contributed by atoms with Crippen LogP contribution in [-0.2, 0) is 9.53 Å². The van der Waals surface area contributed by atoms with Crippen LogP contribution in [0.1, 0.15) is 6.42 Å². The van der Waals surface area contributed by atoms with E-state index in [1.807, 2.05) is 0 Å². The monoisotopic (exact) mass is 215 g/mol. The van der Waals surface area contributed by atoms with Crippen LogP contribution in [-0.4, -0.2) is 32.1 Å². The second-order valence-electron chi connectivity index (χ2n) is 2.91. The number of esters is 1. The van der Waals surface area contributed by atoms with E-state index in [2.05, 4.69) is 10.1 Å². The van der Waals surface area contributed by atoms with Crippen molar-refractivity contribution in [2.24, 2.45) is 5.92 Å². The van der Waals surface area contributed by atoms with Crippen molar-refractivity contribution in [3.05, 3.63) is 0 Å². The van der Waals surface area contributed by atoms with E-state index in [0.717, 1.165) is 0 Å². The summed E-state index contributed by atoms with van der Waals surface area (Å²) < 4.78 is 29.7. The summed E-state index contributed by atoms with van der Waals surface area (Å²) in [5, 5.41) is 2.49. The predicted molar refractivity (Wildman–Crippen MR) is 45.2 cm³/mol. The second-order valence-corrected chi connectivity index (χ2v) is 2.91. The molecule has 13 heavy (non-hydrogen) atoms. The van der Waals surface area contributed by atoms with Gasteiger partial charge in [0.05, 0.1) is 19.6 Å². The Morgan fingerprint density at radius 1 is 1.62 bits per heavy atom. The molecule has 1 fully saturated rings. The third kappa shape index (κ3) is 3.44. The Bertz CT molecular complexity index is 189. The average Bonchev–Trinajstić information content (AvgIpc) is 2.01. The smallest absolute Gasteiger partial charge is 0.310 e. The van der Waals surface area contributed by atoms with Gasteiger partial charge in [-0.05, 0) is 0 Å². The van der Waals surface area contributed by atoms with Crippen molar-refractivity contribution in [1.82, 2.24) is 5.32 Å². The van der Waals surface area contributed by atoms with Crippen molar-refractivity contribution in [3.8, 4) is 0 Å². The zero-order valence-corrected chi connectivity index (χ0v) is 8.00. The Kier molecular flexibility index (Phi) is 4.56. The second kappa shape index (κ2) is 4.72. The molecule has 1 aliphatic heterocycles. The first-order valence-corrected chi connectivity index (χ1v) is 3.71. The first kappa shape index (κ1) is 12.6. The SMILES string of the molecule is COC(=O)C1CNCC(F)(F)C1.Cl. The van der Waals surface area contributed by atoms with Crippen LogP contribution in [0.15, 0.2) is 0 Å². The van der Waals surface area contributed by atoms with Gasteiger partial charge in [-0.2, -0.15) is 0 Å². The molecule has 0 spiro atoms. The number of rotatable bonds is 1. The molecule has 1 aliphatic rings. The Labute approximate surface area is 81.2 Å². The van der Waals surface area contributed by atoms with Gasteiger partial charge in [-0.1, -0.05) is 0 Å². The molecular weight excluding hydrogens is 204 g/mol. The zero-order chi connectivity index (χ0) is 9.19. The molecule has 0 bridgehead atoms. The van der Waals surface area contributed by atoms with Crippen LogP contribution in [0, 0.1) is 5.92 Å². The summed E-state index contributed by atoms with van der Waals surface area (Å²) in [5.41, 5.74) is 0. The van der Waals surface area contributed by atoms with E-state index >= 15 is 0 Å². The van der Waals surface area contributed by atoms with Gasteiger partial charge in [0.25, 0.3) is 5.92 Å². The molecule has 0 aromatic heterocycles.